The molecule has 2 rings (SSSR count). The fourth-order valence-corrected chi connectivity index (χ4v) is 2.89. The normalized spacial score (nSPS) is 16.5. The van der Waals surface area contributed by atoms with Crippen LogP contribution in [0.1, 0.15) is 36.0 Å². The van der Waals surface area contributed by atoms with E-state index in [4.69, 9.17) is 5.11 Å². The standard InChI is InChI=1S/C14H16BrNO3/c15-11-5-2-1-4-10(11)13(19)16-9-14(6-3-7-14)8-12(17)18/h1-2,4-5H,3,6-9H2,(H,16,19)(H,17,18). The second kappa shape index (κ2) is 5.74. The monoisotopic (exact) mass is 325 g/mol. The summed E-state index contributed by atoms with van der Waals surface area (Å²) < 4.78 is 0.744. The van der Waals surface area contributed by atoms with Gasteiger partial charge in [0.25, 0.3) is 5.91 Å². The zero-order chi connectivity index (χ0) is 13.9. The molecule has 19 heavy (non-hydrogen) atoms. The van der Waals surface area contributed by atoms with Gasteiger partial charge in [-0.1, -0.05) is 18.6 Å². The summed E-state index contributed by atoms with van der Waals surface area (Å²) in [6.07, 6.45) is 2.91. The maximum Gasteiger partial charge on any atom is 0.303 e. The minimum Gasteiger partial charge on any atom is -0.481 e. The first-order valence-electron chi connectivity index (χ1n) is 6.27. The van der Waals surface area contributed by atoms with E-state index < -0.39 is 5.97 Å². The predicted molar refractivity (Wildman–Crippen MR) is 75.0 cm³/mol. The number of carbonyl (C=O) groups excluding carboxylic acids is 1. The zero-order valence-corrected chi connectivity index (χ0v) is 12.1. The van der Waals surface area contributed by atoms with Gasteiger partial charge in [-0.2, -0.15) is 0 Å². The van der Waals surface area contributed by atoms with Crippen LogP contribution in [0.5, 0.6) is 0 Å². The van der Waals surface area contributed by atoms with Gasteiger partial charge in [0.15, 0.2) is 0 Å². The fourth-order valence-electron chi connectivity index (χ4n) is 2.42. The minimum atomic E-state index is -0.796. The molecule has 1 aromatic carbocycles. The lowest BCUT2D eigenvalue weighted by Gasteiger charge is -2.40. The maximum atomic E-state index is 12.0. The van der Waals surface area contributed by atoms with Crippen LogP contribution in [-0.2, 0) is 4.79 Å². The number of hydrogen-bond donors (Lipinski definition) is 2. The minimum absolute atomic E-state index is 0.128. The molecule has 0 bridgehead atoms. The Balaban J connectivity index is 1.97. The van der Waals surface area contributed by atoms with Gasteiger partial charge in [0.2, 0.25) is 0 Å². The Morgan fingerprint density at radius 1 is 1.32 bits per heavy atom. The first-order chi connectivity index (χ1) is 9.02. The van der Waals surface area contributed by atoms with Crippen LogP contribution in [-0.4, -0.2) is 23.5 Å². The smallest absolute Gasteiger partial charge is 0.303 e. The van der Waals surface area contributed by atoms with Gasteiger partial charge in [-0.25, -0.2) is 0 Å². The summed E-state index contributed by atoms with van der Waals surface area (Å²) in [6, 6.07) is 7.20. The van der Waals surface area contributed by atoms with Crippen molar-refractivity contribution < 1.29 is 14.7 Å². The summed E-state index contributed by atoms with van der Waals surface area (Å²) >= 11 is 3.33. The Hall–Kier alpha value is -1.36. The summed E-state index contributed by atoms with van der Waals surface area (Å²) in [6.45, 7) is 0.430. The third-order valence-electron chi connectivity index (χ3n) is 3.68. The van der Waals surface area contributed by atoms with E-state index in [9.17, 15) is 9.59 Å². The molecular formula is C14H16BrNO3. The number of hydrogen-bond acceptors (Lipinski definition) is 2. The third kappa shape index (κ3) is 3.35. The number of amides is 1. The van der Waals surface area contributed by atoms with Gasteiger partial charge in [0.05, 0.1) is 12.0 Å². The average Bonchev–Trinajstić information content (AvgIpc) is 2.32. The molecule has 5 heteroatoms. The number of carboxylic acid groups (broad SMARTS) is 1. The second-order valence-electron chi connectivity index (χ2n) is 5.09. The Kier molecular flexibility index (Phi) is 4.24. The number of nitrogens with one attached hydrogen (secondary N) is 1. The van der Waals surface area contributed by atoms with Crippen molar-refractivity contribution in [2.24, 2.45) is 5.41 Å². The number of carbonyl (C=O) groups is 2. The van der Waals surface area contributed by atoms with E-state index in [0.717, 1.165) is 23.7 Å². The molecule has 102 valence electrons. The molecular weight excluding hydrogens is 310 g/mol. The van der Waals surface area contributed by atoms with Crippen LogP contribution < -0.4 is 5.32 Å². The van der Waals surface area contributed by atoms with Crippen molar-refractivity contribution in [2.75, 3.05) is 6.54 Å². The van der Waals surface area contributed by atoms with Crippen molar-refractivity contribution in [1.29, 1.82) is 0 Å². The van der Waals surface area contributed by atoms with Gasteiger partial charge in [0.1, 0.15) is 0 Å². The Morgan fingerprint density at radius 3 is 2.53 bits per heavy atom. The summed E-state index contributed by atoms with van der Waals surface area (Å²) in [4.78, 5) is 22.9. The second-order valence-corrected chi connectivity index (χ2v) is 5.94. The van der Waals surface area contributed by atoms with Crippen molar-refractivity contribution in [3.8, 4) is 0 Å². The molecule has 2 N–H and O–H groups in total. The molecule has 1 aliphatic rings. The SMILES string of the molecule is O=C(O)CC1(CNC(=O)c2ccccc2Br)CCC1. The lowest BCUT2D eigenvalue weighted by Crippen LogP contribution is -2.43. The van der Waals surface area contributed by atoms with E-state index in [2.05, 4.69) is 21.2 Å². The highest BCUT2D eigenvalue weighted by Crippen LogP contribution is 2.43. The number of benzene rings is 1. The van der Waals surface area contributed by atoms with E-state index in [1.165, 1.54) is 0 Å². The van der Waals surface area contributed by atoms with Crippen molar-refractivity contribution in [3.63, 3.8) is 0 Å². The molecule has 0 aliphatic heterocycles. The molecule has 0 unspecified atom stereocenters. The van der Waals surface area contributed by atoms with Crippen molar-refractivity contribution >= 4 is 27.8 Å². The summed E-state index contributed by atoms with van der Waals surface area (Å²) in [5.41, 5.74) is 0.329. The molecule has 0 aromatic heterocycles. The molecule has 0 spiro atoms. The molecule has 0 heterocycles. The van der Waals surface area contributed by atoms with Gasteiger partial charge in [-0.3, -0.25) is 9.59 Å². The van der Waals surface area contributed by atoms with Gasteiger partial charge in [-0.05, 0) is 46.3 Å². The van der Waals surface area contributed by atoms with Crippen molar-refractivity contribution in [3.05, 3.63) is 34.3 Å². The van der Waals surface area contributed by atoms with Crippen LogP contribution in [0.3, 0.4) is 0 Å². The Bertz CT molecular complexity index is 497. The van der Waals surface area contributed by atoms with E-state index in [0.29, 0.717) is 12.1 Å². The highest BCUT2D eigenvalue weighted by atomic mass is 79.9. The summed E-state index contributed by atoms with van der Waals surface area (Å²) in [5, 5.41) is 11.8. The summed E-state index contributed by atoms with van der Waals surface area (Å²) in [7, 11) is 0. The largest absolute Gasteiger partial charge is 0.481 e. The van der Waals surface area contributed by atoms with Gasteiger partial charge in [-0.15, -0.1) is 0 Å². The average molecular weight is 326 g/mol. The van der Waals surface area contributed by atoms with Gasteiger partial charge in [0, 0.05) is 11.0 Å². The predicted octanol–water partition coefficient (Wildman–Crippen LogP) is 2.82. The van der Waals surface area contributed by atoms with Crippen LogP contribution >= 0.6 is 15.9 Å². The zero-order valence-electron chi connectivity index (χ0n) is 10.5. The molecule has 0 atom stereocenters. The molecule has 1 aromatic rings. The molecule has 1 aliphatic carbocycles. The number of aliphatic carboxylic acids is 1. The number of halogens is 1. The Labute approximate surface area is 120 Å². The molecule has 1 amide bonds. The van der Waals surface area contributed by atoms with Gasteiger partial charge >= 0.3 is 5.97 Å². The number of rotatable bonds is 5. The van der Waals surface area contributed by atoms with Gasteiger partial charge < -0.3 is 10.4 Å². The van der Waals surface area contributed by atoms with E-state index >= 15 is 0 Å². The first-order valence-corrected chi connectivity index (χ1v) is 7.06. The highest BCUT2D eigenvalue weighted by Gasteiger charge is 2.39. The van der Waals surface area contributed by atoms with Crippen LogP contribution in [0.2, 0.25) is 0 Å². The van der Waals surface area contributed by atoms with E-state index in [1.807, 2.05) is 12.1 Å². The van der Waals surface area contributed by atoms with Crippen molar-refractivity contribution in [2.45, 2.75) is 25.7 Å². The van der Waals surface area contributed by atoms with E-state index in [1.54, 1.807) is 12.1 Å². The van der Waals surface area contributed by atoms with Crippen molar-refractivity contribution in [1.82, 2.24) is 5.32 Å². The quantitative estimate of drug-likeness (QED) is 0.874. The van der Waals surface area contributed by atoms with E-state index in [-0.39, 0.29) is 17.7 Å². The maximum absolute atomic E-state index is 12.0. The first kappa shape index (κ1) is 14.1. The molecule has 4 nitrogen and oxygen atoms in total. The summed E-state index contributed by atoms with van der Waals surface area (Å²) in [5.74, 6) is -0.959. The molecule has 1 fully saturated rings. The lowest BCUT2D eigenvalue weighted by molar-refractivity contribution is -0.141. The van der Waals surface area contributed by atoms with Crippen LogP contribution in [0, 0.1) is 5.41 Å². The van der Waals surface area contributed by atoms with Crippen LogP contribution in [0.15, 0.2) is 28.7 Å². The van der Waals surface area contributed by atoms with Crippen LogP contribution in [0.4, 0.5) is 0 Å². The molecule has 0 saturated heterocycles. The molecule has 0 radical (unpaired) electrons. The van der Waals surface area contributed by atoms with Crippen LogP contribution in [0.25, 0.3) is 0 Å². The highest BCUT2D eigenvalue weighted by molar-refractivity contribution is 9.10. The fraction of sp³-hybridized carbons (Fsp3) is 0.429. The topological polar surface area (TPSA) is 66.4 Å². The lowest BCUT2D eigenvalue weighted by atomic mass is 9.66. The molecule has 1 saturated carbocycles. The third-order valence-corrected chi connectivity index (χ3v) is 4.37. The number of carboxylic acids is 1. The Morgan fingerprint density at radius 2 is 2.00 bits per heavy atom.